The molecule has 0 radical (unpaired) electrons. The fourth-order valence-electron chi connectivity index (χ4n) is 7.52. The molecule has 3 rings (SSSR count). The number of likely N-dealkylation sites (N-methyl/N-ethyl adjacent to an activating group) is 1. The third-order valence-electron chi connectivity index (χ3n) is 9.42. The first-order valence-corrected chi connectivity index (χ1v) is 16.1. The van der Waals surface area contributed by atoms with Crippen molar-refractivity contribution in [3.8, 4) is 0 Å². The van der Waals surface area contributed by atoms with Gasteiger partial charge in [-0.25, -0.2) is 0 Å². The van der Waals surface area contributed by atoms with Crippen LogP contribution in [0.2, 0.25) is 16.6 Å². The van der Waals surface area contributed by atoms with E-state index in [2.05, 4.69) is 59.4 Å². The van der Waals surface area contributed by atoms with Crippen LogP contribution < -0.4 is 0 Å². The molecule has 0 aliphatic heterocycles. The van der Waals surface area contributed by atoms with Gasteiger partial charge in [-0.3, -0.25) is 9.59 Å². The predicted molar refractivity (Wildman–Crippen MR) is 149 cm³/mol. The van der Waals surface area contributed by atoms with Crippen LogP contribution in [0.1, 0.15) is 86.8 Å². The Morgan fingerprint density at radius 2 is 1.73 bits per heavy atom. The van der Waals surface area contributed by atoms with E-state index in [0.717, 1.165) is 17.7 Å². The molecule has 1 saturated carbocycles. The number of nitrogens with zero attached hydrogens (tertiary/aromatic N) is 1. The van der Waals surface area contributed by atoms with E-state index in [1.807, 2.05) is 21.0 Å². The van der Waals surface area contributed by atoms with E-state index in [1.165, 1.54) is 6.92 Å². The van der Waals surface area contributed by atoms with Crippen LogP contribution in [-0.4, -0.2) is 45.1 Å². The van der Waals surface area contributed by atoms with E-state index in [0.29, 0.717) is 23.0 Å². The Morgan fingerprint density at radius 3 is 2.19 bits per heavy atom. The van der Waals surface area contributed by atoms with Crippen molar-refractivity contribution in [3.05, 3.63) is 36.0 Å². The summed E-state index contributed by atoms with van der Waals surface area (Å²) in [6, 6.07) is 1.72. The highest BCUT2D eigenvalue weighted by molar-refractivity contribution is 6.77. The summed E-state index contributed by atoms with van der Waals surface area (Å²) in [5.74, 6) is 0.973. The van der Waals surface area contributed by atoms with Crippen LogP contribution >= 0.6 is 0 Å². The minimum Gasteiger partial charge on any atom is -0.546 e. The lowest BCUT2D eigenvalue weighted by Gasteiger charge is -2.53. The summed E-state index contributed by atoms with van der Waals surface area (Å²) < 4.78 is 18.4. The van der Waals surface area contributed by atoms with E-state index in [1.54, 1.807) is 18.6 Å². The average molecular weight is 532 g/mol. The molecule has 2 aliphatic carbocycles. The molecule has 7 heteroatoms. The number of furan rings is 1. The molecule has 1 aromatic rings. The zero-order valence-corrected chi connectivity index (χ0v) is 25.8. The van der Waals surface area contributed by atoms with Crippen LogP contribution in [0.5, 0.6) is 0 Å². The average Bonchev–Trinajstić information content (AvgIpc) is 3.33. The van der Waals surface area contributed by atoms with Crippen molar-refractivity contribution in [2.75, 3.05) is 14.1 Å². The van der Waals surface area contributed by atoms with Gasteiger partial charge in [-0.1, -0.05) is 48.5 Å². The van der Waals surface area contributed by atoms with Crippen LogP contribution in [0.3, 0.4) is 0 Å². The van der Waals surface area contributed by atoms with Gasteiger partial charge in [0.05, 0.1) is 23.7 Å². The van der Waals surface area contributed by atoms with Crippen molar-refractivity contribution < 1.29 is 23.2 Å². The zero-order valence-electron chi connectivity index (χ0n) is 24.8. The molecule has 37 heavy (non-hydrogen) atoms. The first-order valence-electron chi connectivity index (χ1n) is 14.0. The maximum Gasteiger partial charge on any atom is 0.303 e. The Labute approximate surface area is 225 Å². The summed E-state index contributed by atoms with van der Waals surface area (Å²) in [5, 5.41) is 0. The van der Waals surface area contributed by atoms with Crippen LogP contribution in [0, 0.1) is 23.2 Å². The van der Waals surface area contributed by atoms with Crippen LogP contribution in [0.4, 0.5) is 0 Å². The molecule has 1 aromatic heterocycles. The predicted octanol–water partition coefficient (Wildman–Crippen LogP) is 7.14. The third kappa shape index (κ3) is 5.23. The number of Topliss-reactive ketones (excluding diaryl/α,β-unsaturated/α-hetero) is 1. The van der Waals surface area contributed by atoms with Crippen molar-refractivity contribution in [2.45, 2.75) is 104 Å². The van der Waals surface area contributed by atoms with E-state index in [9.17, 15) is 9.59 Å². The maximum absolute atomic E-state index is 14.5. The molecule has 2 unspecified atom stereocenters. The van der Waals surface area contributed by atoms with Crippen LogP contribution in [0.15, 0.2) is 34.8 Å². The van der Waals surface area contributed by atoms with Crippen molar-refractivity contribution in [1.82, 2.24) is 4.90 Å². The molecule has 0 amide bonds. The summed E-state index contributed by atoms with van der Waals surface area (Å²) in [6.45, 7) is 19.5. The molecular weight excluding hydrogens is 482 g/mol. The highest BCUT2D eigenvalue weighted by Crippen LogP contribution is 2.55. The number of hydrogen-bond donors (Lipinski definition) is 0. The second-order valence-electron chi connectivity index (χ2n) is 12.8. The van der Waals surface area contributed by atoms with Crippen molar-refractivity contribution in [3.63, 3.8) is 0 Å². The summed E-state index contributed by atoms with van der Waals surface area (Å²) in [7, 11) is 1.95. The van der Waals surface area contributed by atoms with Gasteiger partial charge in [-0.2, -0.15) is 0 Å². The number of ether oxygens (including phenoxy) is 1. The van der Waals surface area contributed by atoms with Gasteiger partial charge in [0.2, 0.25) is 0 Å². The molecular formula is C30H49NO5Si. The topological polar surface area (TPSA) is 69.0 Å². The second-order valence-corrected chi connectivity index (χ2v) is 18.2. The molecule has 6 atom stereocenters. The number of fused-ring (bicyclic) bond motifs is 1. The Bertz CT molecular complexity index is 960. The Hall–Kier alpha value is -1.86. The quantitative estimate of drug-likeness (QED) is 0.249. The van der Waals surface area contributed by atoms with E-state index < -0.39 is 25.8 Å². The highest BCUT2D eigenvalue weighted by atomic mass is 28.4. The Morgan fingerprint density at radius 1 is 1.14 bits per heavy atom. The second kappa shape index (κ2) is 11.1. The smallest absolute Gasteiger partial charge is 0.303 e. The van der Waals surface area contributed by atoms with E-state index >= 15 is 0 Å². The largest absolute Gasteiger partial charge is 0.546 e. The molecule has 0 N–H and O–H groups in total. The molecule has 0 bridgehead atoms. The summed E-state index contributed by atoms with van der Waals surface area (Å²) in [6.07, 6.45) is 6.24. The number of esters is 1. The molecule has 6 nitrogen and oxygen atoms in total. The first-order chi connectivity index (χ1) is 17.2. The molecule has 0 spiro atoms. The standard InChI is InChI=1S/C30H49NO5Si/c1-18(2)37(19(3)4,20(5)6)36-26-16-25(31(10)11)27-24(21(26)7)12-14-30(9,28(27)33)29(35-22(8)32)23-13-15-34-17-23/h13,15-21,24-25,27,29H,12,14H2,1-11H3/t21?,24-,25?,27-,29+,30-/m1/s1. The van der Waals surface area contributed by atoms with Gasteiger partial charge in [0, 0.05) is 30.4 Å². The van der Waals surface area contributed by atoms with Crippen LogP contribution in [0.25, 0.3) is 0 Å². The Kier molecular flexibility index (Phi) is 8.90. The molecule has 2 aliphatic rings. The lowest BCUT2D eigenvalue weighted by Crippen LogP contribution is -2.57. The lowest BCUT2D eigenvalue weighted by molar-refractivity contribution is -0.166. The number of rotatable bonds is 9. The molecule has 0 aromatic carbocycles. The lowest BCUT2D eigenvalue weighted by atomic mass is 9.56. The maximum atomic E-state index is 14.5. The fourth-order valence-corrected chi connectivity index (χ4v) is 12.9. The molecule has 0 saturated heterocycles. The normalized spacial score (nSPS) is 29.5. The number of carbonyl (C=O) groups excluding carboxylic acids is 2. The van der Waals surface area contributed by atoms with E-state index in [4.69, 9.17) is 13.6 Å². The zero-order chi connectivity index (χ0) is 27.9. The minimum atomic E-state index is -2.14. The van der Waals surface area contributed by atoms with Crippen LogP contribution in [-0.2, 0) is 18.8 Å². The minimum absolute atomic E-state index is 0.0798. The van der Waals surface area contributed by atoms with Gasteiger partial charge in [0.25, 0.3) is 8.32 Å². The first kappa shape index (κ1) is 29.7. The Balaban J connectivity index is 2.05. The number of carbonyl (C=O) groups is 2. The highest BCUT2D eigenvalue weighted by Gasteiger charge is 2.57. The van der Waals surface area contributed by atoms with Crippen molar-refractivity contribution in [1.29, 1.82) is 0 Å². The van der Waals surface area contributed by atoms with Gasteiger partial charge in [0.15, 0.2) is 0 Å². The number of allylic oxidation sites excluding steroid dienone is 1. The van der Waals surface area contributed by atoms with Gasteiger partial charge in [-0.15, -0.1) is 0 Å². The molecule has 1 fully saturated rings. The third-order valence-corrected chi connectivity index (χ3v) is 15.4. The van der Waals surface area contributed by atoms with Gasteiger partial charge in [0.1, 0.15) is 11.9 Å². The number of hydrogen-bond acceptors (Lipinski definition) is 6. The monoisotopic (exact) mass is 531 g/mol. The van der Waals surface area contributed by atoms with E-state index in [-0.39, 0.29) is 29.6 Å². The SMILES string of the molecule is CC(=O)O[C@@H](c1ccoc1)[C@]1(C)CC[C@@H]2C(C)C(O[Si](C(C)C)(C(C)C)C(C)C)=CC(N(C)C)[C@@H]2C1=O. The molecule has 208 valence electrons. The fraction of sp³-hybridized carbons (Fsp3) is 0.733. The van der Waals surface area contributed by atoms with Crippen molar-refractivity contribution >= 4 is 20.1 Å². The van der Waals surface area contributed by atoms with Crippen molar-refractivity contribution in [2.24, 2.45) is 23.2 Å². The molecule has 1 heterocycles. The summed E-state index contributed by atoms with van der Waals surface area (Å²) in [5.41, 5.74) is 1.34. The summed E-state index contributed by atoms with van der Waals surface area (Å²) in [4.78, 5) is 28.7. The van der Waals surface area contributed by atoms with Gasteiger partial charge >= 0.3 is 5.97 Å². The van der Waals surface area contributed by atoms with Gasteiger partial charge in [-0.05, 0) is 68.5 Å². The van der Waals surface area contributed by atoms with Gasteiger partial charge < -0.3 is 18.5 Å². The number of ketones is 1. The summed E-state index contributed by atoms with van der Waals surface area (Å²) >= 11 is 0.